The van der Waals surface area contributed by atoms with Crippen molar-refractivity contribution in [1.29, 1.82) is 0 Å². The Balaban J connectivity index is 3.44. The fourth-order valence-electron chi connectivity index (χ4n) is 1.18. The number of nitrogens with one attached hydrogen (secondary N) is 2. The van der Waals surface area contributed by atoms with E-state index in [-0.39, 0.29) is 5.91 Å². The van der Waals surface area contributed by atoms with Crippen LogP contribution in [-0.4, -0.2) is 51.1 Å². The van der Waals surface area contributed by atoms with Crippen molar-refractivity contribution in [3.05, 3.63) is 0 Å². The SMILES string of the molecule is CCNCCC(=O)N(C)CCCNC. The lowest BCUT2D eigenvalue weighted by atomic mass is 10.3. The van der Waals surface area contributed by atoms with Gasteiger partial charge in [-0.15, -0.1) is 0 Å². The second-order valence-electron chi connectivity index (χ2n) is 3.38. The van der Waals surface area contributed by atoms with E-state index in [0.717, 1.165) is 32.6 Å². The Kier molecular flexibility index (Phi) is 8.57. The largest absolute Gasteiger partial charge is 0.346 e. The van der Waals surface area contributed by atoms with E-state index in [9.17, 15) is 4.79 Å². The Hall–Kier alpha value is -0.610. The minimum Gasteiger partial charge on any atom is -0.346 e. The van der Waals surface area contributed by atoms with Crippen molar-refractivity contribution in [2.75, 3.05) is 40.3 Å². The van der Waals surface area contributed by atoms with Gasteiger partial charge in [-0.2, -0.15) is 0 Å². The van der Waals surface area contributed by atoms with Gasteiger partial charge in [0.1, 0.15) is 0 Å². The minimum absolute atomic E-state index is 0.224. The molecule has 0 bridgehead atoms. The molecule has 2 N–H and O–H groups in total. The minimum atomic E-state index is 0.224. The van der Waals surface area contributed by atoms with Gasteiger partial charge in [0.15, 0.2) is 0 Å². The first-order valence-electron chi connectivity index (χ1n) is 5.31. The fraction of sp³-hybridized carbons (Fsp3) is 0.900. The number of carbonyl (C=O) groups is 1. The van der Waals surface area contributed by atoms with Crippen molar-refractivity contribution in [3.63, 3.8) is 0 Å². The van der Waals surface area contributed by atoms with Gasteiger partial charge in [0.25, 0.3) is 0 Å². The highest BCUT2D eigenvalue weighted by atomic mass is 16.2. The van der Waals surface area contributed by atoms with Crippen LogP contribution < -0.4 is 10.6 Å². The normalized spacial score (nSPS) is 10.2. The van der Waals surface area contributed by atoms with Gasteiger partial charge in [-0.25, -0.2) is 0 Å². The number of hydrogen-bond acceptors (Lipinski definition) is 3. The van der Waals surface area contributed by atoms with Gasteiger partial charge < -0.3 is 15.5 Å². The Bertz CT molecular complexity index is 150. The van der Waals surface area contributed by atoms with Crippen LogP contribution >= 0.6 is 0 Å². The maximum absolute atomic E-state index is 11.5. The molecule has 0 fully saturated rings. The third kappa shape index (κ3) is 6.86. The van der Waals surface area contributed by atoms with Crippen molar-refractivity contribution in [1.82, 2.24) is 15.5 Å². The van der Waals surface area contributed by atoms with Crippen molar-refractivity contribution in [2.45, 2.75) is 19.8 Å². The predicted molar refractivity (Wildman–Crippen MR) is 59.3 cm³/mol. The zero-order chi connectivity index (χ0) is 10.8. The fourth-order valence-corrected chi connectivity index (χ4v) is 1.18. The summed E-state index contributed by atoms with van der Waals surface area (Å²) in [7, 11) is 3.79. The Labute approximate surface area is 87.0 Å². The first-order chi connectivity index (χ1) is 6.72. The van der Waals surface area contributed by atoms with Gasteiger partial charge in [0.2, 0.25) is 5.91 Å². The molecule has 0 unspecified atom stereocenters. The average Bonchev–Trinajstić information content (AvgIpc) is 2.18. The molecule has 0 radical (unpaired) electrons. The molecule has 0 heterocycles. The Morgan fingerprint density at radius 1 is 1.36 bits per heavy atom. The van der Waals surface area contributed by atoms with Crippen LogP contribution in [0.15, 0.2) is 0 Å². The molecule has 0 aromatic heterocycles. The molecule has 4 heteroatoms. The Morgan fingerprint density at radius 3 is 2.64 bits per heavy atom. The van der Waals surface area contributed by atoms with Gasteiger partial charge in [0.05, 0.1) is 0 Å². The summed E-state index contributed by atoms with van der Waals surface area (Å²) in [5.74, 6) is 0.224. The molecule has 0 aliphatic heterocycles. The quantitative estimate of drug-likeness (QED) is 0.546. The third-order valence-electron chi connectivity index (χ3n) is 2.11. The van der Waals surface area contributed by atoms with E-state index in [4.69, 9.17) is 0 Å². The van der Waals surface area contributed by atoms with Gasteiger partial charge >= 0.3 is 0 Å². The van der Waals surface area contributed by atoms with Crippen molar-refractivity contribution >= 4 is 5.91 Å². The van der Waals surface area contributed by atoms with Crippen molar-refractivity contribution in [3.8, 4) is 0 Å². The number of nitrogens with zero attached hydrogens (tertiary/aromatic N) is 1. The van der Waals surface area contributed by atoms with Crippen LogP contribution in [0.2, 0.25) is 0 Å². The van der Waals surface area contributed by atoms with E-state index in [1.165, 1.54) is 0 Å². The number of hydrogen-bond donors (Lipinski definition) is 2. The molecule has 0 rings (SSSR count). The van der Waals surface area contributed by atoms with Crippen molar-refractivity contribution < 1.29 is 4.79 Å². The lowest BCUT2D eigenvalue weighted by Crippen LogP contribution is -2.31. The molecule has 0 saturated carbocycles. The highest BCUT2D eigenvalue weighted by Crippen LogP contribution is 1.91. The molecule has 0 spiro atoms. The molecule has 0 aliphatic rings. The maximum atomic E-state index is 11.5. The van der Waals surface area contributed by atoms with E-state index in [1.807, 2.05) is 21.0 Å². The molecule has 84 valence electrons. The predicted octanol–water partition coefficient (Wildman–Crippen LogP) is 0.0539. The van der Waals surface area contributed by atoms with E-state index in [0.29, 0.717) is 6.42 Å². The summed E-state index contributed by atoms with van der Waals surface area (Å²) >= 11 is 0. The van der Waals surface area contributed by atoms with E-state index in [1.54, 1.807) is 4.90 Å². The molecular formula is C10H23N3O. The second kappa shape index (κ2) is 8.97. The average molecular weight is 201 g/mol. The molecule has 1 amide bonds. The number of carbonyl (C=O) groups excluding carboxylic acids is 1. The summed E-state index contributed by atoms with van der Waals surface area (Å²) in [4.78, 5) is 13.3. The van der Waals surface area contributed by atoms with Gasteiger partial charge in [-0.3, -0.25) is 4.79 Å². The molecule has 0 saturated heterocycles. The Morgan fingerprint density at radius 2 is 2.07 bits per heavy atom. The highest BCUT2D eigenvalue weighted by Gasteiger charge is 2.06. The smallest absolute Gasteiger partial charge is 0.223 e. The summed E-state index contributed by atoms with van der Waals surface area (Å²) in [6.07, 6.45) is 1.61. The summed E-state index contributed by atoms with van der Waals surface area (Å²) in [6.45, 7) is 5.56. The van der Waals surface area contributed by atoms with Crippen LogP contribution in [0, 0.1) is 0 Å². The van der Waals surface area contributed by atoms with Gasteiger partial charge in [0, 0.05) is 26.6 Å². The number of amides is 1. The molecular weight excluding hydrogens is 178 g/mol. The zero-order valence-corrected chi connectivity index (χ0v) is 9.60. The van der Waals surface area contributed by atoms with Crippen LogP contribution in [0.5, 0.6) is 0 Å². The van der Waals surface area contributed by atoms with E-state index < -0.39 is 0 Å². The van der Waals surface area contributed by atoms with E-state index in [2.05, 4.69) is 10.6 Å². The summed E-state index contributed by atoms with van der Waals surface area (Å²) in [5, 5.41) is 6.21. The molecule has 0 aromatic carbocycles. The van der Waals surface area contributed by atoms with Crippen LogP contribution in [0.25, 0.3) is 0 Å². The van der Waals surface area contributed by atoms with Crippen LogP contribution in [-0.2, 0) is 4.79 Å². The van der Waals surface area contributed by atoms with Crippen LogP contribution in [0.1, 0.15) is 19.8 Å². The van der Waals surface area contributed by atoms with Gasteiger partial charge in [-0.05, 0) is 26.6 Å². The molecule has 0 aliphatic carbocycles. The summed E-state index contributed by atoms with van der Waals surface area (Å²) in [5.41, 5.74) is 0. The van der Waals surface area contributed by atoms with Crippen LogP contribution in [0.3, 0.4) is 0 Å². The third-order valence-corrected chi connectivity index (χ3v) is 2.11. The molecule has 0 aromatic rings. The monoisotopic (exact) mass is 201 g/mol. The topological polar surface area (TPSA) is 44.4 Å². The first-order valence-corrected chi connectivity index (χ1v) is 5.31. The maximum Gasteiger partial charge on any atom is 0.223 e. The van der Waals surface area contributed by atoms with Crippen LogP contribution in [0.4, 0.5) is 0 Å². The highest BCUT2D eigenvalue weighted by molar-refractivity contribution is 5.75. The molecule has 4 nitrogen and oxygen atoms in total. The van der Waals surface area contributed by atoms with Crippen molar-refractivity contribution in [2.24, 2.45) is 0 Å². The lowest BCUT2D eigenvalue weighted by molar-refractivity contribution is -0.129. The second-order valence-corrected chi connectivity index (χ2v) is 3.38. The zero-order valence-electron chi connectivity index (χ0n) is 9.60. The van der Waals surface area contributed by atoms with Gasteiger partial charge in [-0.1, -0.05) is 6.92 Å². The summed E-state index contributed by atoms with van der Waals surface area (Å²) < 4.78 is 0. The van der Waals surface area contributed by atoms with E-state index >= 15 is 0 Å². The number of rotatable bonds is 8. The first kappa shape index (κ1) is 13.4. The summed E-state index contributed by atoms with van der Waals surface area (Å²) in [6, 6.07) is 0. The lowest BCUT2D eigenvalue weighted by Gasteiger charge is -2.16. The standard InChI is InChI=1S/C10H23N3O/c1-4-12-8-6-10(14)13(3)9-5-7-11-2/h11-12H,4-9H2,1-3H3. The molecule has 0 atom stereocenters. The molecule has 14 heavy (non-hydrogen) atoms.